The lowest BCUT2D eigenvalue weighted by Gasteiger charge is -2.20. The van der Waals surface area contributed by atoms with E-state index in [9.17, 15) is 29.1 Å². The van der Waals surface area contributed by atoms with Crippen LogP contribution in [0.4, 0.5) is 0 Å². The number of carbonyl (C=O) groups is 5. The van der Waals surface area contributed by atoms with Crippen LogP contribution >= 0.6 is 80.4 Å². The molecule has 9 rings (SSSR count). The van der Waals surface area contributed by atoms with Crippen molar-refractivity contribution < 1.29 is 52.4 Å². The van der Waals surface area contributed by atoms with Crippen molar-refractivity contribution >= 4 is 110 Å². The van der Waals surface area contributed by atoms with Gasteiger partial charge in [-0.1, -0.05) is 94.9 Å². The van der Waals surface area contributed by atoms with Crippen LogP contribution in [-0.2, 0) is 43.1 Å². The number of rotatable bonds is 22. The van der Waals surface area contributed by atoms with Gasteiger partial charge in [-0.15, -0.1) is 34.0 Å². The van der Waals surface area contributed by atoms with E-state index in [1.54, 1.807) is 148 Å². The molecule has 3 atom stereocenters. The minimum atomic E-state index is -1.36. The van der Waals surface area contributed by atoms with E-state index >= 15 is 0 Å². The summed E-state index contributed by atoms with van der Waals surface area (Å²) < 4.78 is 28.4. The number of aliphatic hydroxyl groups is 1. The van der Waals surface area contributed by atoms with Crippen LogP contribution in [0.2, 0.25) is 20.1 Å². The van der Waals surface area contributed by atoms with E-state index in [4.69, 9.17) is 69.8 Å². The smallest absolute Gasteiger partial charge is 0.310 e. The third kappa shape index (κ3) is 13.5. The predicted molar refractivity (Wildman–Crippen MR) is 316 cm³/mol. The number of carbonyl (C=O) groups excluding carboxylic acids is 5. The molecule has 18 heteroatoms. The molecule has 9 aromatic rings. The van der Waals surface area contributed by atoms with E-state index in [2.05, 4.69) is 0 Å². The van der Waals surface area contributed by atoms with Gasteiger partial charge in [0.1, 0.15) is 11.9 Å². The monoisotopic (exact) mass is 1200 g/mol. The Morgan fingerprint density at radius 2 is 1.10 bits per heavy atom. The second kappa shape index (κ2) is 25.8. The minimum Gasteiger partial charge on any atom is -0.497 e. The van der Waals surface area contributed by atoms with Crippen molar-refractivity contribution in [2.24, 2.45) is 0 Å². The topological polar surface area (TPSA) is 156 Å². The largest absolute Gasteiger partial charge is 0.497 e. The number of hydrogen-bond donors (Lipinski definition) is 1. The third-order valence-corrected chi connectivity index (χ3v) is 17.7. The zero-order chi connectivity index (χ0) is 56.8. The first kappa shape index (κ1) is 58.0. The molecule has 0 saturated heterocycles. The van der Waals surface area contributed by atoms with Gasteiger partial charge < -0.3 is 28.5 Å². The maximum absolute atomic E-state index is 14.2. The maximum Gasteiger partial charge on any atom is 0.310 e. The summed E-state index contributed by atoms with van der Waals surface area (Å²) in [5.41, 5.74) is 5.55. The second-order valence-corrected chi connectivity index (χ2v) is 23.2. The Kier molecular flexibility index (Phi) is 18.7. The van der Waals surface area contributed by atoms with Crippen molar-refractivity contribution in [1.82, 2.24) is 0 Å². The van der Waals surface area contributed by atoms with Gasteiger partial charge in [-0.25, -0.2) is 0 Å². The van der Waals surface area contributed by atoms with Crippen LogP contribution in [0.1, 0.15) is 107 Å². The highest BCUT2D eigenvalue weighted by molar-refractivity contribution is 7.18. The van der Waals surface area contributed by atoms with Crippen LogP contribution < -0.4 is 4.74 Å². The first-order chi connectivity index (χ1) is 38.5. The van der Waals surface area contributed by atoms with Gasteiger partial charge in [0, 0.05) is 57.8 Å². The van der Waals surface area contributed by atoms with Gasteiger partial charge in [0.05, 0.1) is 53.6 Å². The lowest BCUT2D eigenvalue weighted by atomic mass is 10.0. The van der Waals surface area contributed by atoms with Gasteiger partial charge in [0.15, 0.2) is 12.1 Å². The first-order valence-electron chi connectivity index (χ1n) is 25.0. The van der Waals surface area contributed by atoms with Gasteiger partial charge in [-0.05, 0) is 151 Å². The summed E-state index contributed by atoms with van der Waals surface area (Å²) in [6.07, 6.45) is -1.96. The van der Waals surface area contributed by atoms with Crippen molar-refractivity contribution in [3.05, 3.63) is 225 Å². The Labute approximate surface area is 493 Å². The van der Waals surface area contributed by atoms with E-state index in [0.29, 0.717) is 100 Å². The number of furan rings is 1. The van der Waals surface area contributed by atoms with Gasteiger partial charge in [-0.3, -0.25) is 24.0 Å². The number of halogens is 4. The van der Waals surface area contributed by atoms with E-state index in [-0.39, 0.29) is 49.0 Å². The number of benzene rings is 5. The molecule has 0 spiro atoms. The van der Waals surface area contributed by atoms with E-state index < -0.39 is 30.4 Å². The fourth-order valence-electron chi connectivity index (χ4n) is 8.94. The number of thiophene rings is 3. The van der Waals surface area contributed by atoms with E-state index in [1.807, 2.05) is 12.1 Å². The average Bonchev–Trinajstić information content (AvgIpc) is 4.33. The molecule has 0 saturated carbocycles. The van der Waals surface area contributed by atoms with Gasteiger partial charge in [0.2, 0.25) is 17.3 Å². The summed E-state index contributed by atoms with van der Waals surface area (Å²) in [5.74, 6) is -1.26. The van der Waals surface area contributed by atoms with Crippen LogP contribution in [0.25, 0.3) is 31.3 Å². The lowest BCUT2D eigenvalue weighted by Crippen LogP contribution is -2.18. The highest BCUT2D eigenvalue weighted by Gasteiger charge is 2.27. The summed E-state index contributed by atoms with van der Waals surface area (Å²) in [5, 5.41) is 13.2. The molecule has 0 amide bonds. The molecule has 408 valence electrons. The summed E-state index contributed by atoms with van der Waals surface area (Å²) in [7, 11) is 1.53. The second-order valence-electron chi connectivity index (χ2n) is 18.3. The van der Waals surface area contributed by atoms with Crippen molar-refractivity contribution in [2.75, 3.05) is 13.7 Å². The molecule has 1 N–H and O–H groups in total. The summed E-state index contributed by atoms with van der Waals surface area (Å²) in [6, 6.07) is 39.4. The van der Waals surface area contributed by atoms with Gasteiger partial charge in [-0.2, -0.15) is 0 Å². The number of aliphatic hydroxyl groups excluding tert-OH is 1. The Morgan fingerprint density at radius 1 is 0.562 bits per heavy atom. The third-order valence-electron chi connectivity index (χ3n) is 12.8. The summed E-state index contributed by atoms with van der Waals surface area (Å²) in [4.78, 5) is 71.3. The molecule has 0 fully saturated rings. The Hall–Kier alpha value is -6.69. The lowest BCUT2D eigenvalue weighted by molar-refractivity contribution is -0.147. The molecule has 11 nitrogen and oxygen atoms in total. The highest BCUT2D eigenvalue weighted by Crippen LogP contribution is 2.42. The van der Waals surface area contributed by atoms with Crippen LogP contribution in [-0.4, -0.2) is 54.4 Å². The van der Waals surface area contributed by atoms with Gasteiger partial charge >= 0.3 is 11.9 Å². The molecular formula is C62H48Cl4O11S3. The molecule has 4 aromatic heterocycles. The van der Waals surface area contributed by atoms with Crippen molar-refractivity contribution in [3.63, 3.8) is 0 Å². The standard InChI is InChI=1S/C62H48Cl4O11S3/c1-5-74-54(67)30-40-29-53(59(72)50-13-8-22-75-50)80-61(40)38-16-20-48(65)46(25-38)34(3)77-56(69)32-42-28-51(57(70)36-9-6-11-44(64)23-36)79-62(42)39-17-21-49(66)47(26-39)33(2)76-55(68)31-41-27-52(58(71)37-10-7-12-45(24-37)73-4)78-60(41)35-14-18-43(63)19-15-35/h6-29,33-34,55,68H,5,30-32H2,1-4H3. The van der Waals surface area contributed by atoms with Crippen LogP contribution in [0, 0.1) is 0 Å². The quantitative estimate of drug-likeness (QED) is 0.0391. The van der Waals surface area contributed by atoms with Crippen molar-refractivity contribution in [1.29, 1.82) is 0 Å². The molecule has 3 unspecified atom stereocenters. The highest BCUT2D eigenvalue weighted by atomic mass is 35.5. The molecule has 80 heavy (non-hydrogen) atoms. The summed E-state index contributed by atoms with van der Waals surface area (Å²) in [6.45, 7) is 5.33. The van der Waals surface area contributed by atoms with Gasteiger partial charge in [0.25, 0.3) is 0 Å². The molecule has 0 radical (unpaired) electrons. The van der Waals surface area contributed by atoms with Crippen LogP contribution in [0.5, 0.6) is 5.75 Å². The number of hydrogen-bond acceptors (Lipinski definition) is 14. The van der Waals surface area contributed by atoms with Crippen LogP contribution in [0.3, 0.4) is 0 Å². The zero-order valence-corrected chi connectivity index (χ0v) is 48.7. The minimum absolute atomic E-state index is 0.0145. The van der Waals surface area contributed by atoms with E-state index in [0.717, 1.165) is 10.4 Å². The SMILES string of the molecule is CCOC(=O)Cc1cc(C(=O)c2ccco2)sc1-c1ccc(Cl)c(C(C)OC(=O)Cc2cc(C(=O)c3cccc(Cl)c3)sc2-c2ccc(Cl)c(C(C)OC(O)Cc3cc(C(=O)c4cccc(OC)c4)sc3-c3ccc(Cl)cc3)c2)c1. The Morgan fingerprint density at radius 3 is 1.68 bits per heavy atom. The fourth-order valence-corrected chi connectivity index (χ4v) is 13.2. The number of methoxy groups -OCH3 is 1. The molecule has 0 aliphatic heterocycles. The number of esters is 2. The fraction of sp³-hybridized carbons (Fsp3) is 0.177. The number of ketones is 3. The molecule has 4 heterocycles. The Balaban J connectivity index is 0.975. The van der Waals surface area contributed by atoms with E-state index in [1.165, 1.54) is 47.4 Å². The Bertz CT molecular complexity index is 3770. The predicted octanol–water partition coefficient (Wildman–Crippen LogP) is 16.4. The first-order valence-corrected chi connectivity index (χ1v) is 28.9. The summed E-state index contributed by atoms with van der Waals surface area (Å²) >= 11 is 29.9. The van der Waals surface area contributed by atoms with Crippen molar-refractivity contribution in [3.8, 4) is 37.1 Å². The molecule has 5 aromatic carbocycles. The average molecular weight is 1210 g/mol. The molecule has 0 aliphatic carbocycles. The molecule has 0 bridgehead atoms. The normalized spacial score (nSPS) is 12.4. The zero-order valence-electron chi connectivity index (χ0n) is 43.2. The van der Waals surface area contributed by atoms with Crippen LogP contribution in [0.15, 0.2) is 150 Å². The van der Waals surface area contributed by atoms with Crippen molar-refractivity contribution in [2.45, 2.75) is 58.5 Å². The number of ether oxygens (including phenoxy) is 4. The maximum atomic E-state index is 14.2. The molecular weight excluding hydrogens is 1160 g/mol. The molecule has 0 aliphatic rings.